The highest BCUT2D eigenvalue weighted by Gasteiger charge is 2.43. The van der Waals surface area contributed by atoms with Crippen LogP contribution in [0, 0.1) is 6.57 Å². The molecule has 112 valence electrons. The third-order valence-corrected chi connectivity index (χ3v) is 5.55. The highest BCUT2D eigenvalue weighted by Crippen LogP contribution is 2.52. The van der Waals surface area contributed by atoms with E-state index in [1.54, 1.807) is 0 Å². The predicted octanol–water partition coefficient (Wildman–Crippen LogP) is 5.14. The first-order valence-corrected chi connectivity index (χ1v) is 8.18. The lowest BCUT2D eigenvalue weighted by Crippen LogP contribution is -2.23. The number of hydrogen-bond acceptors (Lipinski definition) is 2. The average Bonchev–Trinajstić information content (AvgIpc) is 3.22. The van der Waals surface area contributed by atoms with Gasteiger partial charge < -0.3 is 4.74 Å². The summed E-state index contributed by atoms with van der Waals surface area (Å²) in [5.74, 6) is 0.965. The van der Waals surface area contributed by atoms with Crippen LogP contribution in [0.5, 0.6) is 5.75 Å². The molecule has 3 heteroatoms. The van der Waals surface area contributed by atoms with Crippen molar-refractivity contribution >= 4 is 27.4 Å². The molecule has 0 radical (unpaired) electrons. The van der Waals surface area contributed by atoms with Gasteiger partial charge in [0.2, 0.25) is 0 Å². The Morgan fingerprint density at radius 1 is 1.09 bits per heavy atom. The normalized spacial score (nSPS) is 18.2. The van der Waals surface area contributed by atoms with Crippen molar-refractivity contribution in [1.82, 2.24) is 4.98 Å². The Hall–Kier alpha value is -2.60. The third-order valence-electron chi connectivity index (χ3n) is 5.55. The van der Waals surface area contributed by atoms with Gasteiger partial charge in [0.25, 0.3) is 0 Å². The molecule has 23 heavy (non-hydrogen) atoms. The quantitative estimate of drug-likeness (QED) is 0.424. The summed E-state index contributed by atoms with van der Waals surface area (Å²) in [5, 5.41) is 3.00. The summed E-state index contributed by atoms with van der Waals surface area (Å²) in [4.78, 5) is 8.52. The number of fused-ring (bicyclic) bond motifs is 6. The van der Waals surface area contributed by atoms with E-state index >= 15 is 0 Å². The fourth-order valence-corrected chi connectivity index (χ4v) is 4.37. The lowest BCUT2D eigenvalue weighted by atomic mass is 9.81. The minimum absolute atomic E-state index is 0.167. The Morgan fingerprint density at radius 2 is 1.87 bits per heavy atom. The van der Waals surface area contributed by atoms with Gasteiger partial charge in [0.05, 0.1) is 18.7 Å². The van der Waals surface area contributed by atoms with Crippen molar-refractivity contribution in [1.29, 1.82) is 0 Å². The SMILES string of the molecule is [C-]#[N+]c1cc2c3c(cnc2c2ccccc12)C1(CCCC1)CO3. The summed E-state index contributed by atoms with van der Waals surface area (Å²) < 4.78 is 6.16. The Bertz CT molecular complexity index is 994. The summed E-state index contributed by atoms with van der Waals surface area (Å²) in [6.07, 6.45) is 6.95. The molecule has 1 saturated carbocycles. The average molecular weight is 300 g/mol. The molecule has 0 bridgehead atoms. The fourth-order valence-electron chi connectivity index (χ4n) is 4.37. The van der Waals surface area contributed by atoms with Crippen molar-refractivity contribution < 1.29 is 4.74 Å². The van der Waals surface area contributed by atoms with E-state index in [1.165, 1.54) is 31.2 Å². The monoisotopic (exact) mass is 300 g/mol. The topological polar surface area (TPSA) is 26.5 Å². The first-order valence-electron chi connectivity index (χ1n) is 8.18. The summed E-state index contributed by atoms with van der Waals surface area (Å²) in [7, 11) is 0. The lowest BCUT2D eigenvalue weighted by molar-refractivity contribution is 0.269. The van der Waals surface area contributed by atoms with Gasteiger partial charge in [-0.25, -0.2) is 4.85 Å². The number of pyridine rings is 1. The van der Waals surface area contributed by atoms with Gasteiger partial charge in [0.15, 0.2) is 5.69 Å². The summed E-state index contributed by atoms with van der Waals surface area (Å²) in [6.45, 7) is 8.29. The lowest BCUT2D eigenvalue weighted by Gasteiger charge is -2.20. The summed E-state index contributed by atoms with van der Waals surface area (Å²) in [5.41, 5.74) is 3.05. The van der Waals surface area contributed by atoms with Crippen LogP contribution in [0.1, 0.15) is 31.2 Å². The maximum Gasteiger partial charge on any atom is 0.195 e. The molecule has 2 aliphatic rings. The second-order valence-electron chi connectivity index (χ2n) is 6.73. The largest absolute Gasteiger partial charge is 0.492 e. The standard InChI is InChI=1S/C20H16N2O/c1-21-17-10-15-18(14-7-3-2-6-13(14)17)22-11-16-19(15)23-12-20(16)8-4-5-9-20/h2-3,6-7,10-11H,4-5,8-9,12H2. The van der Waals surface area contributed by atoms with Crippen molar-refractivity contribution in [2.24, 2.45) is 0 Å². The van der Waals surface area contributed by atoms with Crippen LogP contribution in [0.15, 0.2) is 36.5 Å². The molecule has 1 aliphatic heterocycles. The smallest absolute Gasteiger partial charge is 0.195 e. The second kappa shape index (κ2) is 4.45. The molecule has 1 spiro atoms. The van der Waals surface area contributed by atoms with Gasteiger partial charge in [-0.1, -0.05) is 37.1 Å². The molecule has 1 fully saturated rings. The van der Waals surface area contributed by atoms with Crippen molar-refractivity contribution in [2.75, 3.05) is 6.61 Å². The fraction of sp³-hybridized carbons (Fsp3) is 0.300. The predicted molar refractivity (Wildman–Crippen MR) is 91.2 cm³/mol. The van der Waals surface area contributed by atoms with Gasteiger partial charge in [-0.2, -0.15) is 0 Å². The number of rotatable bonds is 0. The Labute approximate surface area is 134 Å². The molecule has 2 aromatic carbocycles. The number of aromatic nitrogens is 1. The van der Waals surface area contributed by atoms with E-state index in [1.807, 2.05) is 36.5 Å². The van der Waals surface area contributed by atoms with Crippen LogP contribution in [0.3, 0.4) is 0 Å². The zero-order chi connectivity index (χ0) is 15.4. The van der Waals surface area contributed by atoms with Crippen LogP contribution in [0.4, 0.5) is 5.69 Å². The molecule has 1 aromatic heterocycles. The van der Waals surface area contributed by atoms with Crippen LogP contribution in [0.2, 0.25) is 0 Å². The van der Waals surface area contributed by atoms with Crippen LogP contribution in [-0.4, -0.2) is 11.6 Å². The van der Waals surface area contributed by atoms with Crippen LogP contribution in [0.25, 0.3) is 26.5 Å². The maximum atomic E-state index is 7.52. The van der Waals surface area contributed by atoms with Gasteiger partial charge in [0, 0.05) is 22.6 Å². The summed E-state index contributed by atoms with van der Waals surface area (Å²) >= 11 is 0. The zero-order valence-corrected chi connectivity index (χ0v) is 12.8. The number of benzene rings is 2. The Balaban J connectivity index is 1.89. The summed E-state index contributed by atoms with van der Waals surface area (Å²) in [6, 6.07) is 9.98. The first-order chi connectivity index (χ1) is 11.3. The van der Waals surface area contributed by atoms with Crippen LogP contribution >= 0.6 is 0 Å². The highest BCUT2D eigenvalue weighted by molar-refractivity contribution is 6.13. The van der Waals surface area contributed by atoms with E-state index < -0.39 is 0 Å². The van der Waals surface area contributed by atoms with Gasteiger partial charge in [-0.3, -0.25) is 4.98 Å². The van der Waals surface area contributed by atoms with E-state index in [0.29, 0.717) is 5.69 Å². The van der Waals surface area contributed by atoms with E-state index in [0.717, 1.165) is 34.0 Å². The molecule has 3 nitrogen and oxygen atoms in total. The van der Waals surface area contributed by atoms with Crippen molar-refractivity contribution in [3.63, 3.8) is 0 Å². The van der Waals surface area contributed by atoms with Crippen molar-refractivity contribution in [2.45, 2.75) is 31.1 Å². The highest BCUT2D eigenvalue weighted by atomic mass is 16.5. The molecule has 0 atom stereocenters. The molecule has 0 unspecified atom stereocenters. The molecule has 3 aromatic rings. The minimum atomic E-state index is 0.167. The molecule has 0 N–H and O–H groups in total. The van der Waals surface area contributed by atoms with Crippen molar-refractivity contribution in [3.05, 3.63) is 53.5 Å². The molecule has 0 saturated heterocycles. The van der Waals surface area contributed by atoms with Gasteiger partial charge in [-0.05, 0) is 29.7 Å². The minimum Gasteiger partial charge on any atom is -0.492 e. The van der Waals surface area contributed by atoms with E-state index in [-0.39, 0.29) is 5.41 Å². The molecular weight excluding hydrogens is 284 g/mol. The van der Waals surface area contributed by atoms with Gasteiger partial charge in [0.1, 0.15) is 5.75 Å². The third kappa shape index (κ3) is 1.61. The van der Waals surface area contributed by atoms with Crippen LogP contribution < -0.4 is 4.74 Å². The first kappa shape index (κ1) is 12.9. The molecule has 1 aliphatic carbocycles. The van der Waals surface area contributed by atoms with E-state index in [4.69, 9.17) is 16.3 Å². The molecule has 0 amide bonds. The van der Waals surface area contributed by atoms with E-state index in [2.05, 4.69) is 4.85 Å². The molecular formula is C20H16N2O. The van der Waals surface area contributed by atoms with Crippen molar-refractivity contribution in [3.8, 4) is 5.75 Å². The van der Waals surface area contributed by atoms with E-state index in [9.17, 15) is 0 Å². The number of ether oxygens (including phenoxy) is 1. The zero-order valence-electron chi connectivity index (χ0n) is 12.8. The second-order valence-corrected chi connectivity index (χ2v) is 6.73. The van der Waals surface area contributed by atoms with Gasteiger partial charge >= 0.3 is 0 Å². The molecule has 2 heterocycles. The Kier molecular flexibility index (Phi) is 2.50. The van der Waals surface area contributed by atoms with Crippen LogP contribution in [-0.2, 0) is 5.41 Å². The maximum absolute atomic E-state index is 7.52. The number of hydrogen-bond donors (Lipinski definition) is 0. The Morgan fingerprint density at radius 3 is 2.65 bits per heavy atom. The number of nitrogens with zero attached hydrogens (tertiary/aromatic N) is 2. The molecule has 5 rings (SSSR count). The van der Waals surface area contributed by atoms with Gasteiger partial charge in [-0.15, -0.1) is 0 Å².